The molecule has 0 radical (unpaired) electrons. The summed E-state index contributed by atoms with van der Waals surface area (Å²) in [5, 5.41) is 0. The van der Waals surface area contributed by atoms with Crippen LogP contribution in [0.5, 0.6) is 0 Å². The first-order valence-corrected chi connectivity index (χ1v) is 7.37. The van der Waals surface area contributed by atoms with Gasteiger partial charge in [0.05, 0.1) is 0 Å². The molecular formula is C18H23FN2. The van der Waals surface area contributed by atoms with Crippen molar-refractivity contribution in [3.05, 3.63) is 65.5 Å². The molecule has 3 heteroatoms. The van der Waals surface area contributed by atoms with Crippen LogP contribution in [0.2, 0.25) is 0 Å². The van der Waals surface area contributed by atoms with Gasteiger partial charge in [-0.2, -0.15) is 0 Å². The lowest BCUT2D eigenvalue weighted by molar-refractivity contribution is 0.253. The molecule has 0 aliphatic heterocycles. The standard InChI is InChI=1S/C18H23FN2/c1-14(17-7-3-4-8-18(17)19)21(2)13-5-6-15-9-11-16(20)12-10-15/h3-4,7-12,14H,5-6,13,20H2,1-2H3. The molecule has 1 unspecified atom stereocenters. The number of nitrogen functional groups attached to an aromatic ring is 1. The summed E-state index contributed by atoms with van der Waals surface area (Å²) in [6, 6.07) is 15.1. The molecule has 2 aromatic carbocycles. The van der Waals surface area contributed by atoms with Crippen molar-refractivity contribution in [3.8, 4) is 0 Å². The smallest absolute Gasteiger partial charge is 0.127 e. The van der Waals surface area contributed by atoms with E-state index in [-0.39, 0.29) is 11.9 Å². The van der Waals surface area contributed by atoms with E-state index in [0.29, 0.717) is 0 Å². The Labute approximate surface area is 126 Å². The molecule has 0 saturated heterocycles. The second-order valence-corrected chi connectivity index (χ2v) is 5.52. The number of aryl methyl sites for hydroxylation is 1. The van der Waals surface area contributed by atoms with Crippen LogP contribution >= 0.6 is 0 Å². The molecule has 2 N–H and O–H groups in total. The van der Waals surface area contributed by atoms with Crippen molar-refractivity contribution in [1.82, 2.24) is 4.90 Å². The van der Waals surface area contributed by atoms with Crippen LogP contribution < -0.4 is 5.73 Å². The van der Waals surface area contributed by atoms with E-state index in [4.69, 9.17) is 5.73 Å². The van der Waals surface area contributed by atoms with Gasteiger partial charge in [-0.05, 0) is 57.1 Å². The minimum Gasteiger partial charge on any atom is -0.399 e. The SMILES string of the molecule is CC(c1ccccc1F)N(C)CCCc1ccc(N)cc1. The zero-order valence-corrected chi connectivity index (χ0v) is 12.7. The molecule has 21 heavy (non-hydrogen) atoms. The molecule has 0 heterocycles. The Morgan fingerprint density at radius 2 is 1.76 bits per heavy atom. The second-order valence-electron chi connectivity index (χ2n) is 5.52. The van der Waals surface area contributed by atoms with E-state index in [1.807, 2.05) is 38.2 Å². The van der Waals surface area contributed by atoms with Crippen LogP contribution in [0.1, 0.15) is 30.5 Å². The number of benzene rings is 2. The van der Waals surface area contributed by atoms with Crippen molar-refractivity contribution in [2.24, 2.45) is 0 Å². The van der Waals surface area contributed by atoms with Gasteiger partial charge in [0.15, 0.2) is 0 Å². The average Bonchev–Trinajstić information content (AvgIpc) is 2.49. The van der Waals surface area contributed by atoms with Crippen LogP contribution in [0, 0.1) is 5.82 Å². The summed E-state index contributed by atoms with van der Waals surface area (Å²) in [4.78, 5) is 2.19. The van der Waals surface area contributed by atoms with Crippen molar-refractivity contribution >= 4 is 5.69 Å². The fourth-order valence-electron chi connectivity index (χ4n) is 2.46. The van der Waals surface area contributed by atoms with Crippen molar-refractivity contribution in [2.45, 2.75) is 25.8 Å². The predicted octanol–water partition coefficient (Wildman–Crippen LogP) is 4.03. The Hall–Kier alpha value is -1.87. The van der Waals surface area contributed by atoms with Gasteiger partial charge >= 0.3 is 0 Å². The topological polar surface area (TPSA) is 29.3 Å². The first-order chi connectivity index (χ1) is 10.1. The number of rotatable bonds is 6. The van der Waals surface area contributed by atoms with Crippen LogP contribution in [0.25, 0.3) is 0 Å². The Bertz CT molecular complexity index is 566. The van der Waals surface area contributed by atoms with Crippen molar-refractivity contribution in [3.63, 3.8) is 0 Å². The van der Waals surface area contributed by atoms with E-state index in [2.05, 4.69) is 17.0 Å². The van der Waals surface area contributed by atoms with Gasteiger partial charge in [-0.3, -0.25) is 4.90 Å². The van der Waals surface area contributed by atoms with E-state index in [1.165, 1.54) is 11.6 Å². The van der Waals surface area contributed by atoms with Crippen LogP contribution in [0.15, 0.2) is 48.5 Å². The molecule has 0 amide bonds. The molecule has 0 saturated carbocycles. The fourth-order valence-corrected chi connectivity index (χ4v) is 2.46. The summed E-state index contributed by atoms with van der Waals surface area (Å²) in [6.45, 7) is 2.97. The van der Waals surface area contributed by atoms with Gasteiger partial charge in [-0.25, -0.2) is 4.39 Å². The molecule has 2 nitrogen and oxygen atoms in total. The number of anilines is 1. The summed E-state index contributed by atoms with van der Waals surface area (Å²) in [6.07, 6.45) is 2.05. The highest BCUT2D eigenvalue weighted by molar-refractivity contribution is 5.39. The monoisotopic (exact) mass is 286 g/mol. The first kappa shape index (κ1) is 15.5. The third kappa shape index (κ3) is 4.30. The fraction of sp³-hybridized carbons (Fsp3) is 0.333. The van der Waals surface area contributed by atoms with E-state index in [0.717, 1.165) is 30.6 Å². The Balaban J connectivity index is 1.85. The number of nitrogens with two attached hydrogens (primary N) is 1. The molecule has 0 fully saturated rings. The molecule has 2 rings (SSSR count). The zero-order chi connectivity index (χ0) is 15.2. The Morgan fingerprint density at radius 3 is 2.43 bits per heavy atom. The van der Waals surface area contributed by atoms with Gasteiger partial charge in [0.1, 0.15) is 5.82 Å². The van der Waals surface area contributed by atoms with Gasteiger partial charge in [-0.1, -0.05) is 30.3 Å². The summed E-state index contributed by atoms with van der Waals surface area (Å²) < 4.78 is 13.8. The Kier molecular flexibility index (Phi) is 5.34. The Morgan fingerprint density at radius 1 is 1.10 bits per heavy atom. The normalized spacial score (nSPS) is 12.6. The van der Waals surface area contributed by atoms with Crippen molar-refractivity contribution in [2.75, 3.05) is 19.3 Å². The maximum absolute atomic E-state index is 13.8. The van der Waals surface area contributed by atoms with E-state index < -0.39 is 0 Å². The minimum atomic E-state index is -0.129. The minimum absolute atomic E-state index is 0.0811. The number of hydrogen-bond acceptors (Lipinski definition) is 2. The highest BCUT2D eigenvalue weighted by Gasteiger charge is 2.14. The van der Waals surface area contributed by atoms with Crippen LogP contribution in [-0.2, 0) is 6.42 Å². The van der Waals surface area contributed by atoms with Gasteiger partial charge in [0.25, 0.3) is 0 Å². The molecule has 0 bridgehead atoms. The summed E-state index contributed by atoms with van der Waals surface area (Å²) in [7, 11) is 2.04. The van der Waals surface area contributed by atoms with E-state index in [9.17, 15) is 4.39 Å². The lowest BCUT2D eigenvalue weighted by Gasteiger charge is -2.25. The summed E-state index contributed by atoms with van der Waals surface area (Å²) >= 11 is 0. The van der Waals surface area contributed by atoms with Gasteiger partial charge < -0.3 is 5.73 Å². The maximum atomic E-state index is 13.8. The molecule has 0 aliphatic rings. The van der Waals surface area contributed by atoms with E-state index in [1.54, 1.807) is 6.07 Å². The third-order valence-corrected chi connectivity index (χ3v) is 3.97. The number of nitrogens with zero attached hydrogens (tertiary/aromatic N) is 1. The molecule has 2 aromatic rings. The maximum Gasteiger partial charge on any atom is 0.127 e. The summed E-state index contributed by atoms with van der Waals surface area (Å²) in [5.41, 5.74) is 8.52. The lowest BCUT2D eigenvalue weighted by Crippen LogP contribution is -2.24. The lowest BCUT2D eigenvalue weighted by atomic mass is 10.1. The van der Waals surface area contributed by atoms with Gasteiger partial charge in [0.2, 0.25) is 0 Å². The molecule has 0 aliphatic carbocycles. The highest BCUT2D eigenvalue weighted by Crippen LogP contribution is 2.21. The molecule has 1 atom stereocenters. The average molecular weight is 286 g/mol. The molecular weight excluding hydrogens is 263 g/mol. The van der Waals surface area contributed by atoms with Crippen molar-refractivity contribution < 1.29 is 4.39 Å². The molecule has 112 valence electrons. The first-order valence-electron chi connectivity index (χ1n) is 7.37. The molecule has 0 aromatic heterocycles. The quantitative estimate of drug-likeness (QED) is 0.812. The van der Waals surface area contributed by atoms with Crippen LogP contribution in [0.4, 0.5) is 10.1 Å². The number of halogens is 1. The van der Waals surface area contributed by atoms with Crippen LogP contribution in [0.3, 0.4) is 0 Å². The van der Waals surface area contributed by atoms with Crippen LogP contribution in [-0.4, -0.2) is 18.5 Å². The second kappa shape index (κ2) is 7.23. The van der Waals surface area contributed by atoms with E-state index >= 15 is 0 Å². The van der Waals surface area contributed by atoms with Gasteiger partial charge in [-0.15, -0.1) is 0 Å². The zero-order valence-electron chi connectivity index (χ0n) is 12.7. The highest BCUT2D eigenvalue weighted by atomic mass is 19.1. The third-order valence-electron chi connectivity index (χ3n) is 3.97. The van der Waals surface area contributed by atoms with Gasteiger partial charge in [0, 0.05) is 17.3 Å². The summed E-state index contributed by atoms with van der Waals surface area (Å²) in [5.74, 6) is -0.129. The molecule has 0 spiro atoms. The largest absolute Gasteiger partial charge is 0.399 e. The predicted molar refractivity (Wildman–Crippen MR) is 86.6 cm³/mol. The number of hydrogen-bond donors (Lipinski definition) is 1. The van der Waals surface area contributed by atoms with Crippen molar-refractivity contribution in [1.29, 1.82) is 0 Å².